The number of ether oxygens (including phenoxy) is 2. The van der Waals surface area contributed by atoms with Crippen LogP contribution in [0.1, 0.15) is 22.1 Å². The first kappa shape index (κ1) is 22.8. The number of carbonyl (C=O) groups is 1. The summed E-state index contributed by atoms with van der Waals surface area (Å²) >= 11 is 1.36. The summed E-state index contributed by atoms with van der Waals surface area (Å²) in [6, 6.07) is 17.4. The summed E-state index contributed by atoms with van der Waals surface area (Å²) in [4.78, 5) is 13.3. The third kappa shape index (κ3) is 5.86. The van der Waals surface area contributed by atoms with E-state index in [-0.39, 0.29) is 23.8 Å². The molecule has 1 aromatic heterocycles. The van der Waals surface area contributed by atoms with Crippen molar-refractivity contribution in [2.24, 2.45) is 0 Å². The molecule has 2 aromatic carbocycles. The molecule has 0 bridgehead atoms. The van der Waals surface area contributed by atoms with Crippen LogP contribution in [0.2, 0.25) is 0 Å². The first-order valence-corrected chi connectivity index (χ1v) is 12.2. The molecule has 31 heavy (non-hydrogen) atoms. The standard InChI is InChI=1S/C23H25NO5S2/c1-28-18-8-5-17(6-9-18)7-14-23(25)24-16-22(21-4-3-15-30-21)31(26,27)20-12-10-19(29-2)11-13-20/h3-6,8-13,15,22H,7,14,16H2,1-2H3,(H,24,25). The van der Waals surface area contributed by atoms with Crippen LogP contribution >= 0.6 is 11.3 Å². The molecule has 3 aromatic rings. The second-order valence-corrected chi connectivity index (χ2v) is 9.99. The number of amides is 1. The van der Waals surface area contributed by atoms with Gasteiger partial charge in [-0.15, -0.1) is 11.3 Å². The monoisotopic (exact) mass is 459 g/mol. The quantitative estimate of drug-likeness (QED) is 0.495. The third-order valence-corrected chi connectivity index (χ3v) is 8.14. The summed E-state index contributed by atoms with van der Waals surface area (Å²) in [5.41, 5.74) is 1.01. The van der Waals surface area contributed by atoms with E-state index < -0.39 is 15.1 Å². The van der Waals surface area contributed by atoms with E-state index in [1.54, 1.807) is 25.3 Å². The Bertz CT molecular complexity index is 1080. The highest BCUT2D eigenvalue weighted by atomic mass is 32.2. The number of thiophene rings is 1. The molecule has 0 aliphatic carbocycles. The molecule has 0 saturated carbocycles. The van der Waals surface area contributed by atoms with Gasteiger partial charge in [-0.2, -0.15) is 0 Å². The Morgan fingerprint density at radius 1 is 0.968 bits per heavy atom. The van der Waals surface area contributed by atoms with Crippen molar-refractivity contribution in [3.8, 4) is 11.5 Å². The highest BCUT2D eigenvalue weighted by Gasteiger charge is 2.30. The molecule has 1 amide bonds. The summed E-state index contributed by atoms with van der Waals surface area (Å²) < 4.78 is 36.8. The Morgan fingerprint density at radius 3 is 2.13 bits per heavy atom. The maximum atomic E-state index is 13.3. The van der Waals surface area contributed by atoms with E-state index in [9.17, 15) is 13.2 Å². The van der Waals surface area contributed by atoms with Crippen LogP contribution in [0, 0.1) is 0 Å². The van der Waals surface area contributed by atoms with Gasteiger partial charge in [-0.3, -0.25) is 4.79 Å². The van der Waals surface area contributed by atoms with Crippen LogP contribution in [0.25, 0.3) is 0 Å². The van der Waals surface area contributed by atoms with Gasteiger partial charge in [0, 0.05) is 17.8 Å². The third-order valence-electron chi connectivity index (χ3n) is 4.91. The van der Waals surface area contributed by atoms with Crippen LogP contribution < -0.4 is 14.8 Å². The van der Waals surface area contributed by atoms with E-state index in [1.165, 1.54) is 30.6 Å². The lowest BCUT2D eigenvalue weighted by molar-refractivity contribution is -0.121. The lowest BCUT2D eigenvalue weighted by atomic mass is 10.1. The molecule has 0 aliphatic rings. The van der Waals surface area contributed by atoms with Crippen molar-refractivity contribution in [1.82, 2.24) is 5.32 Å². The molecule has 1 unspecified atom stereocenters. The van der Waals surface area contributed by atoms with Gasteiger partial charge in [-0.05, 0) is 59.8 Å². The number of benzene rings is 2. The average Bonchev–Trinajstić information content (AvgIpc) is 3.32. The van der Waals surface area contributed by atoms with Crippen molar-refractivity contribution < 1.29 is 22.7 Å². The van der Waals surface area contributed by atoms with Crippen LogP contribution in [0.15, 0.2) is 70.9 Å². The molecule has 1 N–H and O–H groups in total. The zero-order valence-electron chi connectivity index (χ0n) is 17.4. The van der Waals surface area contributed by atoms with Crippen LogP contribution in [-0.4, -0.2) is 35.1 Å². The second kappa shape index (κ2) is 10.5. The smallest absolute Gasteiger partial charge is 0.220 e. The number of hydrogen-bond donors (Lipinski definition) is 1. The first-order chi connectivity index (χ1) is 14.9. The molecule has 6 nitrogen and oxygen atoms in total. The lowest BCUT2D eigenvalue weighted by Gasteiger charge is -2.18. The van der Waals surface area contributed by atoms with E-state index in [0.717, 1.165) is 11.3 Å². The van der Waals surface area contributed by atoms with E-state index in [4.69, 9.17) is 9.47 Å². The van der Waals surface area contributed by atoms with Gasteiger partial charge < -0.3 is 14.8 Å². The van der Waals surface area contributed by atoms with Crippen molar-refractivity contribution in [3.63, 3.8) is 0 Å². The molecule has 0 fully saturated rings. The molecule has 1 atom stereocenters. The number of nitrogens with one attached hydrogen (secondary N) is 1. The summed E-state index contributed by atoms with van der Waals surface area (Å²) in [5, 5.41) is 3.78. The number of rotatable bonds is 10. The minimum absolute atomic E-state index is 0.0102. The molecule has 8 heteroatoms. The van der Waals surface area contributed by atoms with Gasteiger partial charge in [0.1, 0.15) is 16.7 Å². The summed E-state index contributed by atoms with van der Waals surface area (Å²) in [7, 11) is -0.562. The fourth-order valence-corrected chi connectivity index (χ4v) is 5.90. The molecule has 164 valence electrons. The molecule has 0 spiro atoms. The zero-order chi connectivity index (χ0) is 22.3. The van der Waals surface area contributed by atoms with Crippen LogP contribution in [0.3, 0.4) is 0 Å². The van der Waals surface area contributed by atoms with Gasteiger partial charge in [-0.25, -0.2) is 8.42 Å². The van der Waals surface area contributed by atoms with Gasteiger partial charge in [0.25, 0.3) is 0 Å². The topological polar surface area (TPSA) is 81.7 Å². The Morgan fingerprint density at radius 2 is 1.58 bits per heavy atom. The highest BCUT2D eigenvalue weighted by Crippen LogP contribution is 2.32. The highest BCUT2D eigenvalue weighted by molar-refractivity contribution is 7.91. The fourth-order valence-electron chi connectivity index (χ4n) is 3.11. The van der Waals surface area contributed by atoms with Crippen molar-refractivity contribution in [2.75, 3.05) is 20.8 Å². The number of methoxy groups -OCH3 is 2. The van der Waals surface area contributed by atoms with Gasteiger partial charge in [0.2, 0.25) is 5.91 Å². The van der Waals surface area contributed by atoms with Crippen LogP contribution in [0.5, 0.6) is 11.5 Å². The maximum absolute atomic E-state index is 13.3. The van der Waals surface area contributed by atoms with Crippen molar-refractivity contribution in [2.45, 2.75) is 23.0 Å². The Labute approximate surface area is 186 Å². The SMILES string of the molecule is COc1ccc(CCC(=O)NCC(c2cccs2)S(=O)(=O)c2ccc(OC)cc2)cc1. The van der Waals surface area contributed by atoms with Crippen molar-refractivity contribution in [1.29, 1.82) is 0 Å². The summed E-state index contributed by atoms with van der Waals surface area (Å²) in [6.45, 7) is 0.0102. The van der Waals surface area contributed by atoms with Crippen molar-refractivity contribution in [3.05, 3.63) is 76.5 Å². The minimum atomic E-state index is -3.69. The van der Waals surface area contributed by atoms with E-state index in [2.05, 4.69) is 5.32 Å². The zero-order valence-corrected chi connectivity index (χ0v) is 19.0. The van der Waals surface area contributed by atoms with Gasteiger partial charge in [0.05, 0.1) is 19.1 Å². The minimum Gasteiger partial charge on any atom is -0.497 e. The Balaban J connectivity index is 1.67. The Kier molecular flexibility index (Phi) is 7.70. The molecular weight excluding hydrogens is 434 g/mol. The summed E-state index contributed by atoms with van der Waals surface area (Å²) in [5.74, 6) is 1.15. The molecule has 1 heterocycles. The normalized spacial score (nSPS) is 12.2. The van der Waals surface area contributed by atoms with Gasteiger partial charge in [-0.1, -0.05) is 18.2 Å². The maximum Gasteiger partial charge on any atom is 0.220 e. The Hall–Kier alpha value is -2.84. The van der Waals surface area contributed by atoms with Crippen molar-refractivity contribution >= 4 is 27.1 Å². The number of aryl methyl sites for hydroxylation is 1. The predicted octanol–water partition coefficient (Wildman–Crippen LogP) is 4.03. The molecular formula is C23H25NO5S2. The van der Waals surface area contributed by atoms with Gasteiger partial charge >= 0.3 is 0 Å². The largest absolute Gasteiger partial charge is 0.497 e. The molecule has 0 radical (unpaired) electrons. The number of carbonyl (C=O) groups excluding carboxylic acids is 1. The van der Waals surface area contributed by atoms with E-state index in [1.807, 2.05) is 35.7 Å². The fraction of sp³-hybridized carbons (Fsp3) is 0.261. The average molecular weight is 460 g/mol. The number of sulfone groups is 1. The predicted molar refractivity (Wildman–Crippen MR) is 122 cm³/mol. The first-order valence-electron chi connectivity index (χ1n) is 9.75. The van der Waals surface area contributed by atoms with Crippen LogP contribution in [-0.2, 0) is 21.1 Å². The van der Waals surface area contributed by atoms with Gasteiger partial charge in [0.15, 0.2) is 9.84 Å². The van der Waals surface area contributed by atoms with E-state index in [0.29, 0.717) is 17.0 Å². The van der Waals surface area contributed by atoms with Crippen LogP contribution in [0.4, 0.5) is 0 Å². The summed E-state index contributed by atoms with van der Waals surface area (Å²) in [6.07, 6.45) is 0.830. The van der Waals surface area contributed by atoms with E-state index >= 15 is 0 Å². The lowest BCUT2D eigenvalue weighted by Crippen LogP contribution is -2.31. The number of hydrogen-bond acceptors (Lipinski definition) is 6. The molecule has 0 aliphatic heterocycles. The molecule has 0 saturated heterocycles. The second-order valence-electron chi connectivity index (χ2n) is 6.88. The molecule has 3 rings (SSSR count).